The quantitative estimate of drug-likeness (QED) is 0.489. The van der Waals surface area contributed by atoms with E-state index in [2.05, 4.69) is 20.9 Å². The SMILES string of the molecule is O=C(c1cc(Cl)ccn1)N(CC1CCCO1)c1nc(-c2ccc(Br)cc2)cs1. The zero-order valence-corrected chi connectivity index (χ0v) is 18.0. The first-order chi connectivity index (χ1) is 13.6. The van der Waals surface area contributed by atoms with Gasteiger partial charge in [0.25, 0.3) is 5.91 Å². The fourth-order valence-electron chi connectivity index (χ4n) is 3.04. The van der Waals surface area contributed by atoms with E-state index < -0.39 is 0 Å². The number of halogens is 2. The Kier molecular flexibility index (Phi) is 6.06. The third kappa shape index (κ3) is 4.43. The van der Waals surface area contributed by atoms with Gasteiger partial charge >= 0.3 is 0 Å². The molecule has 0 bridgehead atoms. The molecule has 1 atom stereocenters. The van der Waals surface area contributed by atoms with Gasteiger partial charge in [0.1, 0.15) is 5.69 Å². The molecular weight excluding hydrogens is 462 g/mol. The van der Waals surface area contributed by atoms with Gasteiger partial charge in [0.15, 0.2) is 5.13 Å². The number of ether oxygens (including phenoxy) is 1. The van der Waals surface area contributed by atoms with E-state index in [1.165, 1.54) is 17.5 Å². The van der Waals surface area contributed by atoms with Gasteiger partial charge in [0.2, 0.25) is 0 Å². The van der Waals surface area contributed by atoms with Crippen LogP contribution in [0.5, 0.6) is 0 Å². The number of pyridine rings is 1. The number of anilines is 1. The van der Waals surface area contributed by atoms with E-state index in [9.17, 15) is 4.79 Å². The molecule has 1 aromatic carbocycles. The summed E-state index contributed by atoms with van der Waals surface area (Å²) in [5, 5.41) is 3.06. The third-order valence-corrected chi connectivity index (χ3v) is 6.09. The molecule has 0 radical (unpaired) electrons. The minimum atomic E-state index is -0.227. The maximum atomic E-state index is 13.2. The lowest BCUT2D eigenvalue weighted by Crippen LogP contribution is -2.38. The van der Waals surface area contributed by atoms with Crippen molar-refractivity contribution in [3.63, 3.8) is 0 Å². The molecule has 5 nitrogen and oxygen atoms in total. The molecule has 0 spiro atoms. The third-order valence-electron chi connectivity index (χ3n) is 4.46. The summed E-state index contributed by atoms with van der Waals surface area (Å²) < 4.78 is 6.76. The van der Waals surface area contributed by atoms with Crippen LogP contribution in [0.15, 0.2) is 52.4 Å². The lowest BCUT2D eigenvalue weighted by molar-refractivity contribution is 0.0913. The molecule has 3 heterocycles. The summed E-state index contributed by atoms with van der Waals surface area (Å²) in [5.74, 6) is -0.227. The van der Waals surface area contributed by atoms with Gasteiger partial charge in [0.05, 0.1) is 18.3 Å². The molecule has 1 unspecified atom stereocenters. The molecule has 144 valence electrons. The number of hydrogen-bond donors (Lipinski definition) is 0. The minimum absolute atomic E-state index is 0.00293. The Balaban J connectivity index is 1.65. The standard InChI is InChI=1S/C20H17BrClN3O2S/c21-14-5-3-13(4-6-14)18-12-28-20(24-18)25(11-16-2-1-9-27-16)19(26)17-10-15(22)7-8-23-17/h3-8,10,12,16H,1-2,9,11H2. The fraction of sp³-hybridized carbons (Fsp3) is 0.250. The predicted molar refractivity (Wildman–Crippen MR) is 115 cm³/mol. The van der Waals surface area contributed by atoms with E-state index in [0.717, 1.165) is 35.2 Å². The lowest BCUT2D eigenvalue weighted by Gasteiger charge is -2.22. The summed E-state index contributed by atoms with van der Waals surface area (Å²) >= 11 is 10.9. The number of aromatic nitrogens is 2. The maximum Gasteiger partial charge on any atom is 0.278 e. The van der Waals surface area contributed by atoms with Crippen LogP contribution >= 0.6 is 38.9 Å². The highest BCUT2D eigenvalue weighted by Gasteiger charge is 2.27. The number of rotatable bonds is 5. The molecule has 1 amide bonds. The number of carbonyl (C=O) groups excluding carboxylic acids is 1. The van der Waals surface area contributed by atoms with Crippen LogP contribution in [0.3, 0.4) is 0 Å². The molecule has 1 saturated heterocycles. The Bertz CT molecular complexity index is 974. The topological polar surface area (TPSA) is 55.3 Å². The molecule has 3 aromatic rings. The molecule has 8 heteroatoms. The second-order valence-corrected chi connectivity index (χ2v) is 8.62. The van der Waals surface area contributed by atoms with Crippen LogP contribution < -0.4 is 4.90 Å². The molecule has 0 saturated carbocycles. The number of carbonyl (C=O) groups is 1. The van der Waals surface area contributed by atoms with Gasteiger partial charge in [-0.2, -0.15) is 0 Å². The van der Waals surface area contributed by atoms with Crippen molar-refractivity contribution in [2.24, 2.45) is 0 Å². The molecule has 28 heavy (non-hydrogen) atoms. The van der Waals surface area contributed by atoms with Gasteiger partial charge < -0.3 is 4.74 Å². The number of nitrogens with zero attached hydrogens (tertiary/aromatic N) is 3. The van der Waals surface area contributed by atoms with E-state index in [4.69, 9.17) is 21.3 Å². The van der Waals surface area contributed by atoms with E-state index in [0.29, 0.717) is 22.4 Å². The summed E-state index contributed by atoms with van der Waals surface area (Å²) in [4.78, 5) is 23.7. The summed E-state index contributed by atoms with van der Waals surface area (Å²) in [6.07, 6.45) is 3.47. The monoisotopic (exact) mass is 477 g/mol. The van der Waals surface area contributed by atoms with Gasteiger partial charge in [0, 0.05) is 33.2 Å². The average molecular weight is 479 g/mol. The van der Waals surface area contributed by atoms with Crippen LogP contribution in [0, 0.1) is 0 Å². The van der Waals surface area contributed by atoms with Crippen LogP contribution in [-0.2, 0) is 4.74 Å². The van der Waals surface area contributed by atoms with Crippen molar-refractivity contribution >= 4 is 49.9 Å². The molecule has 0 aliphatic carbocycles. The van der Waals surface area contributed by atoms with Crippen LogP contribution in [0.1, 0.15) is 23.3 Å². The smallest absolute Gasteiger partial charge is 0.278 e. The van der Waals surface area contributed by atoms with Crippen molar-refractivity contribution in [3.8, 4) is 11.3 Å². The van der Waals surface area contributed by atoms with Crippen molar-refractivity contribution in [1.29, 1.82) is 0 Å². The number of benzene rings is 1. The molecule has 4 rings (SSSR count). The van der Waals surface area contributed by atoms with Crippen LogP contribution in [-0.4, -0.2) is 35.1 Å². The van der Waals surface area contributed by atoms with Crippen molar-refractivity contribution in [3.05, 3.63) is 63.2 Å². The van der Waals surface area contributed by atoms with E-state index >= 15 is 0 Å². The Hall–Kier alpha value is -1.80. The van der Waals surface area contributed by atoms with E-state index in [-0.39, 0.29) is 12.0 Å². The number of hydrogen-bond acceptors (Lipinski definition) is 5. The molecule has 2 aromatic heterocycles. The van der Waals surface area contributed by atoms with Crippen LogP contribution in [0.2, 0.25) is 5.02 Å². The van der Waals surface area contributed by atoms with Crippen molar-refractivity contribution in [1.82, 2.24) is 9.97 Å². The average Bonchev–Trinajstić information content (AvgIpc) is 3.38. The Morgan fingerprint density at radius 2 is 2.14 bits per heavy atom. The van der Waals surface area contributed by atoms with Gasteiger partial charge in [-0.25, -0.2) is 4.98 Å². The molecule has 1 fully saturated rings. The van der Waals surface area contributed by atoms with Crippen molar-refractivity contribution in [2.75, 3.05) is 18.1 Å². The summed E-state index contributed by atoms with van der Waals surface area (Å²) in [6, 6.07) is 11.2. The van der Waals surface area contributed by atoms with Gasteiger partial charge in [-0.15, -0.1) is 11.3 Å². The second-order valence-electron chi connectivity index (χ2n) is 6.43. The van der Waals surface area contributed by atoms with Crippen LogP contribution in [0.4, 0.5) is 5.13 Å². The van der Waals surface area contributed by atoms with E-state index in [1.54, 1.807) is 17.0 Å². The molecule has 1 aliphatic heterocycles. The Morgan fingerprint density at radius 1 is 1.32 bits per heavy atom. The van der Waals surface area contributed by atoms with Gasteiger partial charge in [-0.3, -0.25) is 14.7 Å². The Morgan fingerprint density at radius 3 is 2.86 bits per heavy atom. The summed E-state index contributed by atoms with van der Waals surface area (Å²) in [7, 11) is 0. The largest absolute Gasteiger partial charge is 0.376 e. The maximum absolute atomic E-state index is 13.2. The molecule has 1 aliphatic rings. The normalized spacial score (nSPS) is 16.3. The molecule has 0 N–H and O–H groups in total. The second kappa shape index (κ2) is 8.69. The highest BCUT2D eigenvalue weighted by atomic mass is 79.9. The summed E-state index contributed by atoms with van der Waals surface area (Å²) in [6.45, 7) is 1.17. The Labute approximate surface area is 180 Å². The van der Waals surface area contributed by atoms with Crippen molar-refractivity contribution < 1.29 is 9.53 Å². The highest BCUT2D eigenvalue weighted by molar-refractivity contribution is 9.10. The zero-order chi connectivity index (χ0) is 19.5. The van der Waals surface area contributed by atoms with Gasteiger partial charge in [-0.05, 0) is 37.1 Å². The van der Waals surface area contributed by atoms with Gasteiger partial charge in [-0.1, -0.05) is 39.7 Å². The zero-order valence-electron chi connectivity index (χ0n) is 14.8. The lowest BCUT2D eigenvalue weighted by atomic mass is 10.2. The number of amides is 1. The van der Waals surface area contributed by atoms with Crippen LogP contribution in [0.25, 0.3) is 11.3 Å². The predicted octanol–water partition coefficient (Wildman–Crippen LogP) is 5.45. The number of thiazole rings is 1. The highest BCUT2D eigenvalue weighted by Crippen LogP contribution is 2.30. The minimum Gasteiger partial charge on any atom is -0.376 e. The summed E-state index contributed by atoms with van der Waals surface area (Å²) in [5.41, 5.74) is 2.12. The van der Waals surface area contributed by atoms with E-state index in [1.807, 2.05) is 29.6 Å². The van der Waals surface area contributed by atoms with Crippen molar-refractivity contribution in [2.45, 2.75) is 18.9 Å². The first-order valence-corrected chi connectivity index (χ1v) is 10.9. The molecular formula is C20H17BrClN3O2S. The first-order valence-electron chi connectivity index (χ1n) is 8.86. The fourth-order valence-corrected chi connectivity index (χ4v) is 4.31. The first kappa shape index (κ1) is 19.5.